The minimum Gasteiger partial charge on any atom is -0.489 e. The number of hydrogen-bond donors (Lipinski definition) is 2. The predicted octanol–water partition coefficient (Wildman–Crippen LogP) is 6.44. The molecule has 0 aliphatic heterocycles. The van der Waals surface area contributed by atoms with Crippen LogP contribution in [0.1, 0.15) is 91.0 Å². The summed E-state index contributed by atoms with van der Waals surface area (Å²) in [5, 5.41) is 4.91. The first kappa shape index (κ1) is 49.8. The minimum atomic E-state index is -0.244. The second kappa shape index (κ2) is 36.3. The van der Waals surface area contributed by atoms with Crippen LogP contribution in [0.25, 0.3) is 0 Å². The van der Waals surface area contributed by atoms with Crippen molar-refractivity contribution in [3.8, 4) is 0 Å². The van der Waals surface area contributed by atoms with E-state index in [1.165, 1.54) is 0 Å². The zero-order valence-electron chi connectivity index (χ0n) is 22.4. The van der Waals surface area contributed by atoms with E-state index >= 15 is 0 Å². The van der Waals surface area contributed by atoms with Gasteiger partial charge in [0, 0.05) is 51.7 Å². The van der Waals surface area contributed by atoms with Crippen molar-refractivity contribution in [3.63, 3.8) is 0 Å². The molecular weight excluding hydrogens is 503 g/mol. The van der Waals surface area contributed by atoms with E-state index in [2.05, 4.69) is 77.1 Å². The number of amides is 2. The van der Waals surface area contributed by atoms with Gasteiger partial charge in [0.05, 0.1) is 6.67 Å². The maximum Gasteiger partial charge on any atom is 0.316 e. The SMILES string of the molecule is C.C.CC.CC(C)(C)C=NCN=CC(C)(C)C.CC=NCN=CC.[CH-]=NCNC(=O)NCC.[Y]. The molecule has 0 spiro atoms. The third-order valence-electron chi connectivity index (χ3n) is 2.32. The van der Waals surface area contributed by atoms with Crippen LogP contribution in [0.15, 0.2) is 25.0 Å². The molecule has 0 aromatic heterocycles. The Hall–Kier alpha value is -1.28. The number of nitrogens with one attached hydrogen (secondary N) is 2. The summed E-state index contributed by atoms with van der Waals surface area (Å²) in [7, 11) is 0. The molecule has 0 unspecified atom stereocenters. The second-order valence-corrected chi connectivity index (χ2v) is 7.90. The van der Waals surface area contributed by atoms with Gasteiger partial charge in [0.25, 0.3) is 0 Å². The summed E-state index contributed by atoms with van der Waals surface area (Å²) in [5.41, 5.74) is 0.328. The average Bonchev–Trinajstić information content (AvgIpc) is 2.67. The van der Waals surface area contributed by atoms with E-state index in [4.69, 9.17) is 6.72 Å². The van der Waals surface area contributed by atoms with Crippen molar-refractivity contribution in [2.75, 3.05) is 26.6 Å². The summed E-state index contributed by atoms with van der Waals surface area (Å²) in [6.45, 7) is 29.0. The number of urea groups is 1. The van der Waals surface area contributed by atoms with Gasteiger partial charge in [0.1, 0.15) is 13.3 Å². The monoisotopic (exact) mass is 559 g/mol. The van der Waals surface area contributed by atoms with Gasteiger partial charge < -0.3 is 22.3 Å². The van der Waals surface area contributed by atoms with Crippen LogP contribution in [0.3, 0.4) is 0 Å². The molecule has 2 amide bonds. The van der Waals surface area contributed by atoms with Gasteiger partial charge in [0.15, 0.2) is 0 Å². The largest absolute Gasteiger partial charge is 0.489 e. The van der Waals surface area contributed by atoms with Crippen molar-refractivity contribution >= 4 is 37.6 Å². The van der Waals surface area contributed by atoms with Gasteiger partial charge in [-0.25, -0.2) is 4.79 Å². The molecule has 8 nitrogen and oxygen atoms in total. The number of carbonyl (C=O) groups is 1. The Kier molecular flexibility index (Phi) is 53.1. The van der Waals surface area contributed by atoms with Crippen molar-refractivity contribution in [3.05, 3.63) is 0 Å². The van der Waals surface area contributed by atoms with E-state index in [0.29, 0.717) is 19.9 Å². The number of rotatable bonds is 7. The van der Waals surface area contributed by atoms with Crippen LogP contribution in [0, 0.1) is 10.8 Å². The summed E-state index contributed by atoms with van der Waals surface area (Å²) < 4.78 is 0. The predicted molar refractivity (Wildman–Crippen MR) is 154 cm³/mol. The first-order valence-electron chi connectivity index (χ1n) is 10.7. The molecule has 0 aromatic carbocycles. The van der Waals surface area contributed by atoms with E-state index in [1.807, 2.05) is 47.0 Å². The van der Waals surface area contributed by atoms with Crippen LogP contribution < -0.4 is 10.6 Å². The fourth-order valence-corrected chi connectivity index (χ4v) is 1.23. The molecule has 1 radical (unpaired) electrons. The Bertz CT molecular complexity index is 486. The normalized spacial score (nSPS) is 10.3. The van der Waals surface area contributed by atoms with Crippen LogP contribution in [0.5, 0.6) is 0 Å². The second-order valence-electron chi connectivity index (χ2n) is 7.90. The number of hydrogen-bond acceptors (Lipinski definition) is 6. The zero-order chi connectivity index (χ0) is 25.2. The molecule has 0 saturated heterocycles. The van der Waals surface area contributed by atoms with E-state index in [1.54, 1.807) is 12.4 Å². The van der Waals surface area contributed by atoms with Gasteiger partial charge in [-0.2, -0.15) is 0 Å². The molecule has 0 aliphatic carbocycles. The van der Waals surface area contributed by atoms with Gasteiger partial charge in [-0.05, 0) is 44.0 Å². The summed E-state index contributed by atoms with van der Waals surface area (Å²) in [4.78, 5) is 29.8. The molecule has 0 rings (SSSR count). The zero-order valence-corrected chi connectivity index (χ0v) is 25.3. The van der Waals surface area contributed by atoms with Crippen LogP contribution >= 0.6 is 0 Å². The van der Waals surface area contributed by atoms with Gasteiger partial charge >= 0.3 is 6.03 Å². The van der Waals surface area contributed by atoms with Gasteiger partial charge in [-0.3, -0.25) is 20.0 Å². The standard InChI is InChI=1S/C11H22N2.C5H10N3O.C5H10N2.C2H6.2CH4.Y/c1-10(2,3)7-12-9-13-8-11(4,5)6;1-3-7-5(9)8-4-6-2;1-3-6-5-7-4-2;1-2;;;/h7-8H,9H2,1-6H3;2H,3-4H2,1H3,(H2,7,8,9);3-4H,5H2,1-2H3;1-2H3;2*1H4;/q;-1;;;;;. The summed E-state index contributed by atoms with van der Waals surface area (Å²) in [6.07, 6.45) is 7.39. The molecule has 201 valence electrons. The molecule has 0 atom stereocenters. The van der Waals surface area contributed by atoms with Crippen molar-refractivity contribution in [1.29, 1.82) is 0 Å². The first-order valence-corrected chi connectivity index (χ1v) is 10.7. The average molecular weight is 560 g/mol. The Labute approximate surface area is 238 Å². The summed E-state index contributed by atoms with van der Waals surface area (Å²) >= 11 is 0. The van der Waals surface area contributed by atoms with Crippen molar-refractivity contribution in [1.82, 2.24) is 10.6 Å². The molecule has 0 saturated carbocycles. The van der Waals surface area contributed by atoms with Gasteiger partial charge in [-0.1, -0.05) is 70.2 Å². The van der Waals surface area contributed by atoms with Crippen LogP contribution in [-0.4, -0.2) is 64.2 Å². The molecule has 0 heterocycles. The molecule has 2 N–H and O–H groups in total. The summed E-state index contributed by atoms with van der Waals surface area (Å²) in [5.74, 6) is 0. The molecule has 0 aliphatic rings. The maximum absolute atomic E-state index is 10.5. The molecule has 0 aromatic rings. The number of nitrogens with zero attached hydrogens (tertiary/aromatic N) is 5. The fraction of sp³-hybridized carbons (Fsp3) is 0.760. The quantitative estimate of drug-likeness (QED) is 0.272. The maximum atomic E-state index is 10.5. The van der Waals surface area contributed by atoms with Crippen LogP contribution in [-0.2, 0) is 32.7 Å². The molecule has 0 fully saturated rings. The van der Waals surface area contributed by atoms with Crippen LogP contribution in [0.2, 0.25) is 0 Å². The van der Waals surface area contributed by atoms with E-state index < -0.39 is 0 Å². The third-order valence-corrected chi connectivity index (χ3v) is 2.32. The van der Waals surface area contributed by atoms with Crippen molar-refractivity contribution in [2.24, 2.45) is 35.8 Å². The van der Waals surface area contributed by atoms with E-state index in [0.717, 1.165) is 0 Å². The minimum absolute atomic E-state index is 0. The van der Waals surface area contributed by atoms with Crippen molar-refractivity contribution < 1.29 is 37.5 Å². The van der Waals surface area contributed by atoms with Gasteiger partial charge in [0.2, 0.25) is 0 Å². The Balaban J connectivity index is -0.0000000618. The van der Waals surface area contributed by atoms with Crippen molar-refractivity contribution in [2.45, 2.75) is 91.0 Å². The first-order chi connectivity index (χ1) is 14.4. The Morgan fingerprint density at radius 3 is 1.41 bits per heavy atom. The molecular formula is C25H56N7OY-. The molecule has 0 bridgehead atoms. The fourth-order valence-electron chi connectivity index (χ4n) is 1.23. The Morgan fingerprint density at radius 1 is 0.794 bits per heavy atom. The number of aliphatic imine (C=N–C) groups is 5. The Morgan fingerprint density at radius 2 is 1.15 bits per heavy atom. The van der Waals surface area contributed by atoms with E-state index in [-0.39, 0.29) is 71.1 Å². The smallest absolute Gasteiger partial charge is 0.316 e. The topological polar surface area (TPSA) is 103 Å². The molecule has 9 heteroatoms. The summed E-state index contributed by atoms with van der Waals surface area (Å²) in [6, 6.07) is -0.244. The van der Waals surface area contributed by atoms with Gasteiger partial charge in [-0.15, -0.1) is 0 Å². The van der Waals surface area contributed by atoms with E-state index in [9.17, 15) is 4.79 Å². The molecule has 34 heavy (non-hydrogen) atoms. The third kappa shape index (κ3) is 69.8. The number of carbonyl (C=O) groups excluding carboxylic acids is 1. The van der Waals surface area contributed by atoms with Crippen LogP contribution in [0.4, 0.5) is 4.79 Å².